The summed E-state index contributed by atoms with van der Waals surface area (Å²) >= 11 is 5.99. The fourth-order valence-electron chi connectivity index (χ4n) is 3.00. The summed E-state index contributed by atoms with van der Waals surface area (Å²) in [4.78, 5) is 12.4. The van der Waals surface area contributed by atoms with Crippen molar-refractivity contribution >= 4 is 23.2 Å². The lowest BCUT2D eigenvalue weighted by atomic mass is 9.92. The maximum Gasteiger partial charge on any atom is 0.265 e. The fraction of sp³-hybridized carbons (Fsp3) is 0.350. The highest BCUT2D eigenvalue weighted by Crippen LogP contribution is 2.26. The maximum absolute atomic E-state index is 12.4. The zero-order valence-corrected chi connectivity index (χ0v) is 14.8. The second-order valence-corrected chi connectivity index (χ2v) is 6.78. The van der Waals surface area contributed by atoms with E-state index in [0.29, 0.717) is 10.7 Å². The van der Waals surface area contributed by atoms with E-state index in [-0.39, 0.29) is 5.91 Å². The Labute approximate surface area is 148 Å². The quantitative estimate of drug-likeness (QED) is 0.854. The van der Waals surface area contributed by atoms with Crippen molar-refractivity contribution in [2.24, 2.45) is 0 Å². The summed E-state index contributed by atoms with van der Waals surface area (Å²) in [5, 5.41) is 3.48. The molecular formula is C20H22ClNO2. The van der Waals surface area contributed by atoms with Crippen LogP contribution in [0.1, 0.15) is 36.5 Å². The molecule has 126 valence electrons. The molecule has 4 heteroatoms. The summed E-state index contributed by atoms with van der Waals surface area (Å²) in [6, 6.07) is 11.6. The fourth-order valence-corrected chi connectivity index (χ4v) is 3.18. The molecule has 0 aliphatic heterocycles. The summed E-state index contributed by atoms with van der Waals surface area (Å²) in [6.45, 7) is 3.69. The first-order valence-corrected chi connectivity index (χ1v) is 8.76. The van der Waals surface area contributed by atoms with Gasteiger partial charge in [0.1, 0.15) is 5.75 Å². The van der Waals surface area contributed by atoms with Crippen molar-refractivity contribution in [2.75, 3.05) is 5.32 Å². The van der Waals surface area contributed by atoms with Crippen molar-refractivity contribution in [3.05, 3.63) is 58.1 Å². The van der Waals surface area contributed by atoms with E-state index >= 15 is 0 Å². The molecular weight excluding hydrogens is 322 g/mol. The van der Waals surface area contributed by atoms with Crippen LogP contribution in [-0.2, 0) is 17.6 Å². The largest absolute Gasteiger partial charge is 0.481 e. The number of amides is 1. The average molecular weight is 344 g/mol. The van der Waals surface area contributed by atoms with Crippen LogP contribution >= 0.6 is 11.6 Å². The molecule has 0 saturated carbocycles. The Morgan fingerprint density at radius 3 is 2.67 bits per heavy atom. The van der Waals surface area contributed by atoms with E-state index in [2.05, 4.69) is 17.4 Å². The lowest BCUT2D eigenvalue weighted by Gasteiger charge is -2.19. The number of hydrogen-bond donors (Lipinski definition) is 1. The number of fused-ring (bicyclic) bond motifs is 1. The minimum Gasteiger partial charge on any atom is -0.481 e. The highest BCUT2D eigenvalue weighted by molar-refractivity contribution is 6.31. The number of halogens is 1. The SMILES string of the molecule is Cc1ccc(Cl)cc1NC(=O)C(C)Oc1ccc2c(c1)CCCC2. The van der Waals surface area contributed by atoms with Gasteiger partial charge in [-0.1, -0.05) is 23.7 Å². The number of hydrogen-bond acceptors (Lipinski definition) is 2. The molecule has 0 spiro atoms. The second kappa shape index (κ2) is 7.27. The Hall–Kier alpha value is -2.00. The molecule has 3 rings (SSSR count). The van der Waals surface area contributed by atoms with Crippen molar-refractivity contribution in [3.63, 3.8) is 0 Å². The van der Waals surface area contributed by atoms with Crippen molar-refractivity contribution in [3.8, 4) is 5.75 Å². The van der Waals surface area contributed by atoms with Crippen LogP contribution in [0.4, 0.5) is 5.69 Å². The maximum atomic E-state index is 12.4. The van der Waals surface area contributed by atoms with E-state index in [1.165, 1.54) is 24.0 Å². The molecule has 1 aliphatic rings. The normalized spacial score (nSPS) is 14.6. The Morgan fingerprint density at radius 1 is 1.12 bits per heavy atom. The standard InChI is InChI=1S/C20H22ClNO2/c1-13-7-9-17(21)12-19(13)22-20(23)14(2)24-18-10-8-15-5-3-4-6-16(15)11-18/h7-12,14H,3-6H2,1-2H3,(H,22,23). The van der Waals surface area contributed by atoms with Crippen molar-refractivity contribution in [1.82, 2.24) is 0 Å². The molecule has 1 unspecified atom stereocenters. The lowest BCUT2D eigenvalue weighted by Crippen LogP contribution is -2.30. The minimum atomic E-state index is -0.579. The van der Waals surface area contributed by atoms with E-state index in [1.54, 1.807) is 19.1 Å². The van der Waals surface area contributed by atoms with Gasteiger partial charge in [0.25, 0.3) is 5.91 Å². The smallest absolute Gasteiger partial charge is 0.265 e. The molecule has 3 nitrogen and oxygen atoms in total. The van der Waals surface area contributed by atoms with Gasteiger partial charge in [0.05, 0.1) is 0 Å². The molecule has 0 heterocycles. The third kappa shape index (κ3) is 3.90. The Morgan fingerprint density at radius 2 is 1.88 bits per heavy atom. The van der Waals surface area contributed by atoms with Crippen LogP contribution in [0.2, 0.25) is 5.02 Å². The number of anilines is 1. The van der Waals surface area contributed by atoms with Crippen LogP contribution in [0.15, 0.2) is 36.4 Å². The van der Waals surface area contributed by atoms with Crippen molar-refractivity contribution < 1.29 is 9.53 Å². The van der Waals surface area contributed by atoms with Crippen LogP contribution in [-0.4, -0.2) is 12.0 Å². The molecule has 24 heavy (non-hydrogen) atoms. The van der Waals surface area contributed by atoms with E-state index < -0.39 is 6.10 Å². The minimum absolute atomic E-state index is 0.182. The number of carbonyl (C=O) groups excluding carboxylic acids is 1. The number of carbonyl (C=O) groups is 1. The molecule has 1 atom stereocenters. The number of benzene rings is 2. The van der Waals surface area contributed by atoms with Crippen molar-refractivity contribution in [2.45, 2.75) is 45.6 Å². The van der Waals surface area contributed by atoms with Gasteiger partial charge in [-0.2, -0.15) is 0 Å². The van der Waals surface area contributed by atoms with Gasteiger partial charge in [-0.15, -0.1) is 0 Å². The van der Waals surface area contributed by atoms with Gasteiger partial charge in [0.15, 0.2) is 6.10 Å². The molecule has 2 aromatic rings. The summed E-state index contributed by atoms with van der Waals surface area (Å²) in [5.41, 5.74) is 4.43. The van der Waals surface area contributed by atoms with Gasteiger partial charge >= 0.3 is 0 Å². The van der Waals surface area contributed by atoms with Gasteiger partial charge < -0.3 is 10.1 Å². The van der Waals surface area contributed by atoms with E-state index in [0.717, 1.165) is 24.2 Å². The topological polar surface area (TPSA) is 38.3 Å². The molecule has 0 saturated heterocycles. The highest BCUT2D eigenvalue weighted by Gasteiger charge is 2.17. The van der Waals surface area contributed by atoms with Crippen LogP contribution in [0.5, 0.6) is 5.75 Å². The first-order chi connectivity index (χ1) is 11.5. The van der Waals surface area contributed by atoms with Gasteiger partial charge in [-0.25, -0.2) is 0 Å². The molecule has 0 bridgehead atoms. The third-order valence-electron chi connectivity index (χ3n) is 4.46. The number of aryl methyl sites for hydroxylation is 3. The number of nitrogens with one attached hydrogen (secondary N) is 1. The molecule has 1 N–H and O–H groups in total. The van der Waals surface area contributed by atoms with Gasteiger partial charge in [0, 0.05) is 10.7 Å². The number of rotatable bonds is 4. The molecule has 1 aliphatic carbocycles. The van der Waals surface area contributed by atoms with Gasteiger partial charge in [-0.05, 0) is 80.5 Å². The van der Waals surface area contributed by atoms with Crippen molar-refractivity contribution in [1.29, 1.82) is 0 Å². The summed E-state index contributed by atoms with van der Waals surface area (Å²) in [5.74, 6) is 0.569. The Bertz CT molecular complexity index is 757. The third-order valence-corrected chi connectivity index (χ3v) is 4.69. The van der Waals surface area contributed by atoms with Crippen LogP contribution < -0.4 is 10.1 Å². The number of ether oxygens (including phenoxy) is 1. The predicted octanol–water partition coefficient (Wildman–Crippen LogP) is 4.93. The van der Waals surface area contributed by atoms with Gasteiger partial charge in [-0.3, -0.25) is 4.79 Å². The Kier molecular flexibility index (Phi) is 5.10. The molecule has 0 fully saturated rings. The summed E-state index contributed by atoms with van der Waals surface area (Å²) in [7, 11) is 0. The summed E-state index contributed by atoms with van der Waals surface area (Å²) < 4.78 is 5.84. The first kappa shape index (κ1) is 16.8. The first-order valence-electron chi connectivity index (χ1n) is 8.38. The molecule has 0 aromatic heterocycles. The molecule has 2 aromatic carbocycles. The van der Waals surface area contributed by atoms with Crippen LogP contribution in [0, 0.1) is 6.92 Å². The highest BCUT2D eigenvalue weighted by atomic mass is 35.5. The molecule has 1 amide bonds. The van der Waals surface area contributed by atoms with E-state index in [1.807, 2.05) is 19.1 Å². The van der Waals surface area contributed by atoms with Gasteiger partial charge in [0.2, 0.25) is 0 Å². The van der Waals surface area contributed by atoms with Crippen LogP contribution in [0.3, 0.4) is 0 Å². The van der Waals surface area contributed by atoms with E-state index in [9.17, 15) is 4.79 Å². The monoisotopic (exact) mass is 343 g/mol. The zero-order valence-electron chi connectivity index (χ0n) is 14.1. The summed E-state index contributed by atoms with van der Waals surface area (Å²) in [6.07, 6.45) is 4.13. The van der Waals surface area contributed by atoms with E-state index in [4.69, 9.17) is 16.3 Å². The Balaban J connectivity index is 1.67. The average Bonchev–Trinajstić information content (AvgIpc) is 2.58. The zero-order chi connectivity index (χ0) is 17.1. The lowest BCUT2D eigenvalue weighted by molar-refractivity contribution is -0.122. The molecule has 0 radical (unpaired) electrons. The second-order valence-electron chi connectivity index (χ2n) is 6.35. The predicted molar refractivity (Wildman–Crippen MR) is 98.0 cm³/mol. The van der Waals surface area contributed by atoms with Crippen LogP contribution in [0.25, 0.3) is 0 Å².